The molecular weight excluding hydrogens is 422 g/mol. The number of nitrogens with zero attached hydrogens (tertiary/aromatic N) is 1. The van der Waals surface area contributed by atoms with Gasteiger partial charge in [0.15, 0.2) is 6.10 Å². The van der Waals surface area contributed by atoms with E-state index >= 15 is 0 Å². The summed E-state index contributed by atoms with van der Waals surface area (Å²) in [5.74, 6) is -1.48. The lowest BCUT2D eigenvalue weighted by Crippen LogP contribution is -2.40. The largest absolute Gasteiger partial charge is 0.449 e. The normalized spacial score (nSPS) is 14.0. The molecule has 0 aromatic heterocycles. The van der Waals surface area contributed by atoms with Crippen molar-refractivity contribution in [2.75, 3.05) is 18.4 Å². The predicted octanol–water partition coefficient (Wildman–Crippen LogP) is 2.73. The molecule has 8 heteroatoms. The van der Waals surface area contributed by atoms with E-state index in [1.807, 2.05) is 38.1 Å². The fourth-order valence-electron chi connectivity index (χ4n) is 3.68. The van der Waals surface area contributed by atoms with Crippen molar-refractivity contribution < 1.29 is 23.9 Å². The quantitative estimate of drug-likeness (QED) is 0.601. The summed E-state index contributed by atoms with van der Waals surface area (Å²) in [6, 6.07) is 12.5. The molecule has 3 rings (SSSR count). The molecular formula is C25H29N3O5. The highest BCUT2D eigenvalue weighted by Crippen LogP contribution is 2.19. The first-order valence-electron chi connectivity index (χ1n) is 11.0. The van der Waals surface area contributed by atoms with Crippen LogP contribution < -0.4 is 10.6 Å². The Kier molecular flexibility index (Phi) is 7.82. The number of aryl methyl sites for hydroxylation is 2. The van der Waals surface area contributed by atoms with Gasteiger partial charge in [0.05, 0.1) is 12.1 Å². The lowest BCUT2D eigenvalue weighted by molar-refractivity contribution is -0.130. The van der Waals surface area contributed by atoms with E-state index in [4.69, 9.17) is 4.74 Å². The van der Waals surface area contributed by atoms with Crippen LogP contribution in [0.15, 0.2) is 42.5 Å². The van der Waals surface area contributed by atoms with Gasteiger partial charge in [0.25, 0.3) is 5.91 Å². The van der Waals surface area contributed by atoms with Gasteiger partial charge in [-0.3, -0.25) is 14.4 Å². The van der Waals surface area contributed by atoms with E-state index in [0.717, 1.165) is 23.1 Å². The van der Waals surface area contributed by atoms with E-state index in [2.05, 4.69) is 10.6 Å². The number of hydrogen-bond acceptors (Lipinski definition) is 5. The number of likely N-dealkylation sites (tertiary alicyclic amines) is 1. The summed E-state index contributed by atoms with van der Waals surface area (Å²) in [5.41, 5.74) is 3.68. The minimum Gasteiger partial charge on any atom is -0.449 e. The van der Waals surface area contributed by atoms with Gasteiger partial charge in [0.2, 0.25) is 11.8 Å². The van der Waals surface area contributed by atoms with Gasteiger partial charge in [-0.1, -0.05) is 30.3 Å². The van der Waals surface area contributed by atoms with Crippen molar-refractivity contribution in [1.29, 1.82) is 0 Å². The molecule has 0 aliphatic carbocycles. The second kappa shape index (κ2) is 10.8. The van der Waals surface area contributed by atoms with Crippen molar-refractivity contribution in [2.24, 2.45) is 0 Å². The molecule has 1 saturated heterocycles. The number of nitrogens with one attached hydrogen (secondary N) is 2. The second-order valence-electron chi connectivity index (χ2n) is 8.20. The number of para-hydroxylation sites is 1. The number of anilines is 1. The summed E-state index contributed by atoms with van der Waals surface area (Å²) < 4.78 is 5.27. The third kappa shape index (κ3) is 6.41. The second-order valence-corrected chi connectivity index (χ2v) is 8.20. The van der Waals surface area contributed by atoms with Crippen molar-refractivity contribution in [2.45, 2.75) is 46.3 Å². The Balaban J connectivity index is 1.50. The molecule has 1 atom stereocenters. The topological polar surface area (TPSA) is 105 Å². The van der Waals surface area contributed by atoms with Crippen LogP contribution in [-0.2, 0) is 25.7 Å². The van der Waals surface area contributed by atoms with E-state index in [0.29, 0.717) is 30.8 Å². The van der Waals surface area contributed by atoms with Gasteiger partial charge in [-0.25, -0.2) is 4.79 Å². The molecule has 33 heavy (non-hydrogen) atoms. The molecule has 0 radical (unpaired) electrons. The van der Waals surface area contributed by atoms with E-state index in [1.54, 1.807) is 23.1 Å². The minimum atomic E-state index is -1.07. The Labute approximate surface area is 193 Å². The van der Waals surface area contributed by atoms with Crippen molar-refractivity contribution in [3.05, 3.63) is 64.7 Å². The third-order valence-corrected chi connectivity index (χ3v) is 5.53. The summed E-state index contributed by atoms with van der Waals surface area (Å²) in [6.45, 7) is 6.13. The number of esters is 1. The molecule has 2 N–H and O–H groups in total. The van der Waals surface area contributed by atoms with Crippen LogP contribution >= 0.6 is 0 Å². The van der Waals surface area contributed by atoms with Gasteiger partial charge < -0.3 is 20.3 Å². The van der Waals surface area contributed by atoms with Crippen LogP contribution in [0.3, 0.4) is 0 Å². The summed E-state index contributed by atoms with van der Waals surface area (Å²) in [7, 11) is 0. The summed E-state index contributed by atoms with van der Waals surface area (Å²) in [5, 5.41) is 5.28. The number of benzene rings is 2. The molecule has 0 bridgehead atoms. The number of rotatable bonds is 8. The van der Waals surface area contributed by atoms with Gasteiger partial charge in [0, 0.05) is 25.2 Å². The maximum Gasteiger partial charge on any atom is 0.338 e. The van der Waals surface area contributed by atoms with Crippen LogP contribution in [-0.4, -0.2) is 47.8 Å². The van der Waals surface area contributed by atoms with Gasteiger partial charge in [-0.2, -0.15) is 0 Å². The Hall–Kier alpha value is -3.68. The molecule has 2 aromatic carbocycles. The maximum absolute atomic E-state index is 12.5. The van der Waals surface area contributed by atoms with Gasteiger partial charge in [-0.05, 0) is 56.0 Å². The summed E-state index contributed by atoms with van der Waals surface area (Å²) >= 11 is 0. The van der Waals surface area contributed by atoms with Crippen molar-refractivity contribution in [3.63, 3.8) is 0 Å². The number of amides is 3. The monoisotopic (exact) mass is 451 g/mol. The molecule has 1 heterocycles. The van der Waals surface area contributed by atoms with E-state index < -0.39 is 18.0 Å². The SMILES string of the molecule is Cc1cccc(C)c1NC(=O)CNC(=O)C(C)OC(=O)c1cccc(CN2CCCC2=O)c1. The number of hydrogen-bond donors (Lipinski definition) is 2. The standard InChI is InChI=1S/C25H29N3O5/c1-16-7-4-8-17(2)23(16)27-21(29)14-26-24(31)18(3)33-25(32)20-10-5-9-19(13-20)15-28-12-6-11-22(28)30/h4-5,7-10,13,18H,6,11-12,14-15H2,1-3H3,(H,26,31)(H,27,29). The first-order chi connectivity index (χ1) is 15.7. The lowest BCUT2D eigenvalue weighted by Gasteiger charge is -2.17. The maximum atomic E-state index is 12.5. The molecule has 174 valence electrons. The highest BCUT2D eigenvalue weighted by Gasteiger charge is 2.22. The van der Waals surface area contributed by atoms with Crippen molar-refractivity contribution >= 4 is 29.4 Å². The number of carbonyl (C=O) groups is 4. The van der Waals surface area contributed by atoms with E-state index in [1.165, 1.54) is 6.92 Å². The summed E-state index contributed by atoms with van der Waals surface area (Å²) in [4.78, 5) is 50.6. The molecule has 2 aromatic rings. The van der Waals surface area contributed by atoms with Crippen LogP contribution in [0.25, 0.3) is 0 Å². The Morgan fingerprint density at radius 2 is 1.79 bits per heavy atom. The van der Waals surface area contributed by atoms with Crippen LogP contribution in [0.1, 0.15) is 46.8 Å². The molecule has 1 aliphatic rings. The van der Waals surface area contributed by atoms with Gasteiger partial charge in [-0.15, -0.1) is 0 Å². The lowest BCUT2D eigenvalue weighted by atomic mass is 10.1. The molecule has 8 nitrogen and oxygen atoms in total. The van der Waals surface area contributed by atoms with E-state index in [-0.39, 0.29) is 18.4 Å². The highest BCUT2D eigenvalue weighted by atomic mass is 16.5. The average Bonchev–Trinajstić information content (AvgIpc) is 3.19. The predicted molar refractivity (Wildman–Crippen MR) is 124 cm³/mol. The molecule has 0 spiro atoms. The van der Waals surface area contributed by atoms with E-state index in [9.17, 15) is 19.2 Å². The molecule has 1 unspecified atom stereocenters. The first-order valence-corrected chi connectivity index (χ1v) is 11.0. The average molecular weight is 452 g/mol. The zero-order chi connectivity index (χ0) is 24.0. The Morgan fingerprint density at radius 3 is 2.45 bits per heavy atom. The first kappa shape index (κ1) is 24.0. The highest BCUT2D eigenvalue weighted by molar-refractivity contribution is 5.97. The zero-order valence-corrected chi connectivity index (χ0v) is 19.1. The summed E-state index contributed by atoms with van der Waals surface area (Å²) in [6.07, 6.45) is 0.321. The van der Waals surface area contributed by atoms with Crippen molar-refractivity contribution in [1.82, 2.24) is 10.2 Å². The van der Waals surface area contributed by atoms with Crippen LogP contribution in [0.4, 0.5) is 5.69 Å². The van der Waals surface area contributed by atoms with Gasteiger partial charge >= 0.3 is 5.97 Å². The van der Waals surface area contributed by atoms with Crippen molar-refractivity contribution in [3.8, 4) is 0 Å². The van der Waals surface area contributed by atoms with Crippen LogP contribution in [0.2, 0.25) is 0 Å². The Morgan fingerprint density at radius 1 is 1.09 bits per heavy atom. The van der Waals surface area contributed by atoms with Crippen LogP contribution in [0, 0.1) is 13.8 Å². The molecule has 1 aliphatic heterocycles. The van der Waals surface area contributed by atoms with Gasteiger partial charge in [0.1, 0.15) is 0 Å². The fraction of sp³-hybridized carbons (Fsp3) is 0.360. The zero-order valence-electron chi connectivity index (χ0n) is 19.1. The third-order valence-electron chi connectivity index (χ3n) is 5.53. The minimum absolute atomic E-state index is 0.106. The Bertz CT molecular complexity index is 1050. The van der Waals surface area contributed by atoms with Crippen LogP contribution in [0.5, 0.6) is 0 Å². The fourth-order valence-corrected chi connectivity index (χ4v) is 3.68. The molecule has 0 saturated carbocycles. The number of carbonyl (C=O) groups excluding carboxylic acids is 4. The molecule has 3 amide bonds. The number of ether oxygens (including phenoxy) is 1. The molecule has 1 fully saturated rings. The smallest absolute Gasteiger partial charge is 0.338 e.